The highest BCUT2D eigenvalue weighted by Gasteiger charge is 2.16. The van der Waals surface area contributed by atoms with E-state index < -0.39 is 5.76 Å². The van der Waals surface area contributed by atoms with Gasteiger partial charge in [0.25, 0.3) is 5.56 Å². The first-order valence-electron chi connectivity index (χ1n) is 10.0. The molecular formula is C21H24N4O4. The molecule has 1 saturated carbocycles. The molecule has 0 atom stereocenters. The van der Waals surface area contributed by atoms with Gasteiger partial charge in [-0.25, -0.2) is 9.48 Å². The van der Waals surface area contributed by atoms with E-state index in [1.165, 1.54) is 17.2 Å². The molecule has 1 aliphatic carbocycles. The van der Waals surface area contributed by atoms with Crippen molar-refractivity contribution in [3.05, 3.63) is 63.0 Å². The topological polar surface area (TPSA) is 99.1 Å². The minimum Gasteiger partial charge on any atom is -0.408 e. The maximum absolute atomic E-state index is 12.3. The lowest BCUT2D eigenvalue weighted by atomic mass is 9.95. The minimum absolute atomic E-state index is 0.0994. The normalized spacial score (nSPS) is 14.9. The summed E-state index contributed by atoms with van der Waals surface area (Å²) in [5.74, 6) is -0.618. The number of benzene rings is 1. The Morgan fingerprint density at radius 3 is 2.72 bits per heavy atom. The van der Waals surface area contributed by atoms with E-state index in [1.807, 2.05) is 18.2 Å². The Morgan fingerprint density at radius 1 is 1.10 bits per heavy atom. The van der Waals surface area contributed by atoms with Gasteiger partial charge >= 0.3 is 5.76 Å². The molecule has 1 N–H and O–H groups in total. The molecule has 152 valence electrons. The van der Waals surface area contributed by atoms with E-state index in [1.54, 1.807) is 16.7 Å². The van der Waals surface area contributed by atoms with Crippen molar-refractivity contribution in [3.63, 3.8) is 0 Å². The van der Waals surface area contributed by atoms with Gasteiger partial charge in [-0.15, -0.1) is 0 Å². The summed E-state index contributed by atoms with van der Waals surface area (Å²) >= 11 is 0. The SMILES string of the molecule is O=C(Cn1nc(CCn2c(=O)oc3ccccc32)ccc1=O)NC1CCCCC1. The van der Waals surface area contributed by atoms with Gasteiger partial charge in [-0.2, -0.15) is 5.10 Å². The van der Waals surface area contributed by atoms with Crippen LogP contribution in [-0.2, 0) is 24.3 Å². The molecule has 0 unspecified atom stereocenters. The lowest BCUT2D eigenvalue weighted by Crippen LogP contribution is -2.40. The van der Waals surface area contributed by atoms with Gasteiger partial charge in [0.1, 0.15) is 6.54 Å². The van der Waals surface area contributed by atoms with Crippen molar-refractivity contribution in [3.8, 4) is 0 Å². The highest BCUT2D eigenvalue weighted by Crippen LogP contribution is 2.17. The van der Waals surface area contributed by atoms with Gasteiger partial charge in [0, 0.05) is 25.1 Å². The summed E-state index contributed by atoms with van der Waals surface area (Å²) in [6.07, 6.45) is 5.88. The van der Waals surface area contributed by atoms with E-state index in [9.17, 15) is 14.4 Å². The van der Waals surface area contributed by atoms with Gasteiger partial charge in [0.2, 0.25) is 5.91 Å². The van der Waals surface area contributed by atoms with E-state index in [0.29, 0.717) is 24.2 Å². The summed E-state index contributed by atoms with van der Waals surface area (Å²) in [6, 6.07) is 10.5. The summed E-state index contributed by atoms with van der Waals surface area (Å²) in [5, 5.41) is 7.31. The zero-order valence-corrected chi connectivity index (χ0v) is 16.2. The maximum Gasteiger partial charge on any atom is 0.419 e. The molecule has 8 heteroatoms. The summed E-state index contributed by atoms with van der Waals surface area (Å²) in [6.45, 7) is 0.271. The monoisotopic (exact) mass is 396 g/mol. The summed E-state index contributed by atoms with van der Waals surface area (Å²) in [5.41, 5.74) is 1.57. The molecule has 0 bridgehead atoms. The molecule has 0 spiro atoms. The molecular weight excluding hydrogens is 372 g/mol. The number of carbonyl (C=O) groups is 1. The number of amides is 1. The quantitative estimate of drug-likeness (QED) is 0.685. The summed E-state index contributed by atoms with van der Waals surface area (Å²) in [7, 11) is 0. The molecule has 2 aromatic heterocycles. The molecule has 4 rings (SSSR count). The highest BCUT2D eigenvalue weighted by atomic mass is 16.4. The van der Waals surface area contributed by atoms with Crippen LogP contribution in [0.5, 0.6) is 0 Å². The highest BCUT2D eigenvalue weighted by molar-refractivity contribution is 5.76. The van der Waals surface area contributed by atoms with Gasteiger partial charge in [-0.1, -0.05) is 31.4 Å². The van der Waals surface area contributed by atoms with E-state index >= 15 is 0 Å². The first kappa shape index (κ1) is 19.2. The number of carbonyl (C=O) groups excluding carboxylic acids is 1. The molecule has 1 aliphatic rings. The minimum atomic E-state index is -0.425. The predicted octanol–water partition coefficient (Wildman–Crippen LogP) is 1.84. The van der Waals surface area contributed by atoms with Crippen molar-refractivity contribution in [2.24, 2.45) is 0 Å². The first-order chi connectivity index (χ1) is 14.1. The number of oxazole rings is 1. The fourth-order valence-electron chi connectivity index (χ4n) is 3.85. The van der Waals surface area contributed by atoms with Crippen molar-refractivity contribution in [2.75, 3.05) is 0 Å². The number of hydrogen-bond donors (Lipinski definition) is 1. The Hall–Kier alpha value is -3.16. The van der Waals surface area contributed by atoms with Crippen LogP contribution in [0.4, 0.5) is 0 Å². The molecule has 8 nitrogen and oxygen atoms in total. The average Bonchev–Trinajstić information content (AvgIpc) is 3.04. The van der Waals surface area contributed by atoms with Crippen molar-refractivity contribution >= 4 is 17.0 Å². The Morgan fingerprint density at radius 2 is 1.90 bits per heavy atom. The second-order valence-corrected chi connectivity index (χ2v) is 7.46. The van der Waals surface area contributed by atoms with Crippen LogP contribution in [0, 0.1) is 0 Å². The molecule has 0 saturated heterocycles. The van der Waals surface area contributed by atoms with Crippen LogP contribution in [-0.4, -0.2) is 26.3 Å². The number of rotatable bonds is 6. The maximum atomic E-state index is 12.3. The molecule has 3 aromatic rings. The van der Waals surface area contributed by atoms with E-state index in [2.05, 4.69) is 10.4 Å². The molecule has 0 radical (unpaired) electrons. The van der Waals surface area contributed by atoms with Crippen LogP contribution in [0.15, 0.2) is 50.4 Å². The number of aromatic nitrogens is 3. The molecule has 1 amide bonds. The standard InChI is InChI=1S/C21H24N4O4/c26-19(22-15-6-2-1-3-7-15)14-25-20(27)11-10-16(23-25)12-13-24-17-8-4-5-9-18(17)29-21(24)28/h4-5,8-11,15H,1-3,6-7,12-14H2,(H,22,26). The lowest BCUT2D eigenvalue weighted by molar-refractivity contribution is -0.122. The van der Waals surface area contributed by atoms with Gasteiger partial charge in [-0.3, -0.25) is 14.2 Å². The Labute approximate surface area is 167 Å². The van der Waals surface area contributed by atoms with Crippen LogP contribution in [0.2, 0.25) is 0 Å². The first-order valence-corrected chi connectivity index (χ1v) is 10.0. The third-order valence-corrected chi connectivity index (χ3v) is 5.35. The van der Waals surface area contributed by atoms with Gasteiger partial charge in [0.15, 0.2) is 5.58 Å². The number of para-hydroxylation sites is 2. The van der Waals surface area contributed by atoms with Gasteiger partial charge in [0.05, 0.1) is 11.2 Å². The van der Waals surface area contributed by atoms with E-state index in [0.717, 1.165) is 31.2 Å². The van der Waals surface area contributed by atoms with Crippen molar-refractivity contribution in [1.82, 2.24) is 19.7 Å². The zero-order chi connectivity index (χ0) is 20.2. The fourth-order valence-corrected chi connectivity index (χ4v) is 3.85. The molecule has 0 aliphatic heterocycles. The number of nitrogens with zero attached hydrogens (tertiary/aromatic N) is 3. The predicted molar refractivity (Wildman–Crippen MR) is 108 cm³/mol. The molecule has 2 heterocycles. The lowest BCUT2D eigenvalue weighted by Gasteiger charge is -2.22. The largest absolute Gasteiger partial charge is 0.419 e. The van der Waals surface area contributed by atoms with Gasteiger partial charge < -0.3 is 9.73 Å². The molecule has 1 fully saturated rings. The fraction of sp³-hybridized carbons (Fsp3) is 0.429. The van der Waals surface area contributed by atoms with Crippen LogP contribution in [0.1, 0.15) is 37.8 Å². The van der Waals surface area contributed by atoms with Crippen molar-refractivity contribution in [1.29, 1.82) is 0 Å². The van der Waals surface area contributed by atoms with Crippen molar-refractivity contribution < 1.29 is 9.21 Å². The van der Waals surface area contributed by atoms with Gasteiger partial charge in [-0.05, 0) is 31.0 Å². The number of nitrogens with one attached hydrogen (secondary N) is 1. The van der Waals surface area contributed by atoms with Crippen LogP contribution in [0.3, 0.4) is 0 Å². The van der Waals surface area contributed by atoms with E-state index in [4.69, 9.17) is 4.42 Å². The van der Waals surface area contributed by atoms with E-state index in [-0.39, 0.29) is 24.1 Å². The smallest absolute Gasteiger partial charge is 0.408 e. The van der Waals surface area contributed by atoms with Crippen molar-refractivity contribution in [2.45, 2.75) is 57.7 Å². The third kappa shape index (κ3) is 4.47. The average molecular weight is 396 g/mol. The number of aryl methyl sites for hydroxylation is 2. The van der Waals surface area contributed by atoms with Crippen LogP contribution in [0.25, 0.3) is 11.1 Å². The summed E-state index contributed by atoms with van der Waals surface area (Å²) < 4.78 is 7.96. The Balaban J connectivity index is 1.44. The number of fused-ring (bicyclic) bond motifs is 1. The second kappa shape index (κ2) is 8.46. The third-order valence-electron chi connectivity index (χ3n) is 5.35. The second-order valence-electron chi connectivity index (χ2n) is 7.46. The Bertz CT molecular complexity index is 1120. The summed E-state index contributed by atoms with van der Waals surface area (Å²) in [4.78, 5) is 36.5. The molecule has 29 heavy (non-hydrogen) atoms. The van der Waals surface area contributed by atoms with Crippen LogP contribution < -0.4 is 16.6 Å². The number of hydrogen-bond acceptors (Lipinski definition) is 5. The Kier molecular flexibility index (Phi) is 5.59. The zero-order valence-electron chi connectivity index (χ0n) is 16.2. The van der Waals surface area contributed by atoms with Crippen LogP contribution >= 0.6 is 0 Å². The molecule has 1 aromatic carbocycles.